The molecule has 0 radical (unpaired) electrons. The average Bonchev–Trinajstić information content (AvgIpc) is 3.39. The maximum Gasteiger partial charge on any atom is 0.263 e. The summed E-state index contributed by atoms with van der Waals surface area (Å²) in [5.41, 5.74) is 4.96. The Balaban J connectivity index is 1.52. The Morgan fingerprint density at radius 2 is 1.93 bits per heavy atom. The van der Waals surface area contributed by atoms with E-state index in [1.807, 2.05) is 25.1 Å². The molecular formula is C33H32F2N10. The fraction of sp³-hybridized carbons (Fsp3) is 0.333. The Morgan fingerprint density at radius 1 is 1.13 bits per heavy atom. The maximum absolute atomic E-state index is 14.0. The standard InChI is InChI=1S/C33H32F2N10/c1-19-23(22-15-40-41-16-22)6-5-7-24(19)30(27-17-45(44-43-27)33(8-9-33)31(34)35)42-26-11-20(12-36)10-25-28(39-18-32(2,3)4)21(13-37)14-38-29(25)26/h5-7,10-11,14-17,30-31,42H,8-9,18H2,1-4H3,(H,38,39)(H,40,41)/t30-/m0/s1. The molecule has 2 aromatic carbocycles. The van der Waals surface area contributed by atoms with Crippen LogP contribution in [0.15, 0.2) is 55.1 Å². The van der Waals surface area contributed by atoms with Gasteiger partial charge in [-0.1, -0.05) is 44.2 Å². The molecule has 1 aliphatic carbocycles. The lowest BCUT2D eigenvalue weighted by atomic mass is 9.92. The van der Waals surface area contributed by atoms with Crippen molar-refractivity contribution in [2.45, 2.75) is 58.5 Å². The molecule has 0 spiro atoms. The summed E-state index contributed by atoms with van der Waals surface area (Å²) in [5, 5.41) is 43.0. The number of benzene rings is 2. The van der Waals surface area contributed by atoms with Crippen LogP contribution in [0.2, 0.25) is 0 Å². The minimum absolute atomic E-state index is 0.0815. The van der Waals surface area contributed by atoms with Gasteiger partial charge in [-0.15, -0.1) is 5.10 Å². The molecule has 0 aliphatic heterocycles. The number of pyridine rings is 1. The minimum Gasteiger partial charge on any atom is -0.383 e. The normalized spacial score (nSPS) is 14.6. The number of nitrogens with one attached hydrogen (secondary N) is 3. The third-order valence-corrected chi connectivity index (χ3v) is 8.24. The van der Waals surface area contributed by atoms with E-state index in [4.69, 9.17) is 0 Å². The van der Waals surface area contributed by atoms with Gasteiger partial charge in [0.25, 0.3) is 6.43 Å². The molecule has 0 bridgehead atoms. The first-order valence-electron chi connectivity index (χ1n) is 14.6. The highest BCUT2D eigenvalue weighted by Gasteiger charge is 2.54. The van der Waals surface area contributed by atoms with Gasteiger partial charge >= 0.3 is 0 Å². The van der Waals surface area contributed by atoms with Gasteiger partial charge in [0.05, 0.1) is 52.5 Å². The Bertz CT molecular complexity index is 1950. The summed E-state index contributed by atoms with van der Waals surface area (Å²) < 4.78 is 29.3. The number of aromatic nitrogens is 6. The molecule has 1 fully saturated rings. The number of anilines is 2. The molecule has 3 heterocycles. The van der Waals surface area contributed by atoms with Crippen molar-refractivity contribution in [1.82, 2.24) is 30.2 Å². The molecule has 1 atom stereocenters. The third kappa shape index (κ3) is 5.55. The summed E-state index contributed by atoms with van der Waals surface area (Å²) >= 11 is 0. The molecule has 10 nitrogen and oxygen atoms in total. The summed E-state index contributed by atoms with van der Waals surface area (Å²) in [4.78, 5) is 4.64. The first-order chi connectivity index (χ1) is 21.5. The van der Waals surface area contributed by atoms with Gasteiger partial charge in [-0.2, -0.15) is 15.6 Å². The lowest BCUT2D eigenvalue weighted by Gasteiger charge is -2.24. The lowest BCUT2D eigenvalue weighted by molar-refractivity contribution is 0.0593. The summed E-state index contributed by atoms with van der Waals surface area (Å²) in [6.07, 6.45) is 4.71. The van der Waals surface area contributed by atoms with Gasteiger partial charge in [0.2, 0.25) is 0 Å². The summed E-state index contributed by atoms with van der Waals surface area (Å²) in [6, 6.07) is 13.1. The zero-order valence-corrected chi connectivity index (χ0v) is 25.4. The van der Waals surface area contributed by atoms with Crippen LogP contribution in [-0.2, 0) is 5.54 Å². The van der Waals surface area contributed by atoms with E-state index in [1.54, 1.807) is 30.7 Å². The van der Waals surface area contributed by atoms with Crippen molar-refractivity contribution in [2.24, 2.45) is 5.41 Å². The zero-order chi connectivity index (χ0) is 31.9. The second kappa shape index (κ2) is 11.3. The second-order valence-electron chi connectivity index (χ2n) is 12.7. The SMILES string of the molecule is Cc1c(-c2cn[nH]c2)cccc1[C@H](Nc1cc(C#N)cc2c(NCC(C)(C)C)c(C#N)cnc12)c1cn(C2(C(F)F)CC2)nn1. The minimum atomic E-state index is -2.57. The van der Waals surface area contributed by atoms with Crippen molar-refractivity contribution in [3.63, 3.8) is 0 Å². The van der Waals surface area contributed by atoms with Gasteiger partial charge in [0.1, 0.15) is 17.3 Å². The largest absolute Gasteiger partial charge is 0.383 e. The number of nitriles is 2. The Kier molecular flexibility index (Phi) is 7.45. The molecule has 3 aromatic heterocycles. The van der Waals surface area contributed by atoms with Crippen LogP contribution < -0.4 is 10.6 Å². The first-order valence-corrected chi connectivity index (χ1v) is 14.6. The molecule has 0 amide bonds. The van der Waals surface area contributed by atoms with Crippen LogP contribution in [0.1, 0.15) is 67.6 Å². The number of fused-ring (bicyclic) bond motifs is 1. The fourth-order valence-electron chi connectivity index (χ4n) is 5.55. The molecule has 0 unspecified atom stereocenters. The Labute approximate surface area is 259 Å². The molecule has 1 saturated carbocycles. The highest BCUT2D eigenvalue weighted by atomic mass is 19.3. The van der Waals surface area contributed by atoms with E-state index in [0.717, 1.165) is 22.3 Å². The number of nitrogens with zero attached hydrogens (tertiary/aromatic N) is 7. The number of hydrogen-bond donors (Lipinski definition) is 3. The number of alkyl halides is 2. The van der Waals surface area contributed by atoms with Crippen LogP contribution in [0.25, 0.3) is 22.0 Å². The molecule has 3 N–H and O–H groups in total. The van der Waals surface area contributed by atoms with Gasteiger partial charge in [-0.3, -0.25) is 10.1 Å². The Morgan fingerprint density at radius 3 is 2.58 bits per heavy atom. The van der Waals surface area contributed by atoms with E-state index in [9.17, 15) is 19.3 Å². The smallest absolute Gasteiger partial charge is 0.263 e. The van der Waals surface area contributed by atoms with Crippen LogP contribution in [0.5, 0.6) is 0 Å². The highest BCUT2D eigenvalue weighted by molar-refractivity contribution is 6.01. The number of rotatable bonds is 9. The van der Waals surface area contributed by atoms with Crippen molar-refractivity contribution in [2.75, 3.05) is 17.2 Å². The second-order valence-corrected chi connectivity index (χ2v) is 12.7. The quantitative estimate of drug-likeness (QED) is 0.169. The van der Waals surface area contributed by atoms with Crippen LogP contribution in [0.4, 0.5) is 20.2 Å². The molecule has 6 rings (SSSR count). The van der Waals surface area contributed by atoms with Crippen molar-refractivity contribution >= 4 is 22.3 Å². The van der Waals surface area contributed by atoms with Crippen LogP contribution in [0, 0.1) is 35.0 Å². The van der Waals surface area contributed by atoms with Crippen molar-refractivity contribution in [1.29, 1.82) is 10.5 Å². The lowest BCUT2D eigenvalue weighted by Crippen LogP contribution is -2.26. The fourth-order valence-corrected chi connectivity index (χ4v) is 5.55. The van der Waals surface area contributed by atoms with E-state index >= 15 is 0 Å². The van der Waals surface area contributed by atoms with Crippen LogP contribution in [0.3, 0.4) is 0 Å². The van der Waals surface area contributed by atoms with E-state index in [2.05, 4.69) is 69.0 Å². The van der Waals surface area contributed by atoms with E-state index < -0.39 is 18.0 Å². The molecule has 0 saturated heterocycles. The van der Waals surface area contributed by atoms with Crippen molar-refractivity contribution < 1.29 is 8.78 Å². The van der Waals surface area contributed by atoms with Crippen molar-refractivity contribution in [3.8, 4) is 23.3 Å². The molecule has 45 heavy (non-hydrogen) atoms. The van der Waals surface area contributed by atoms with Crippen molar-refractivity contribution in [3.05, 3.63) is 83.1 Å². The molecule has 1 aliphatic rings. The topological polar surface area (TPSA) is 144 Å². The van der Waals surface area contributed by atoms with E-state index in [0.29, 0.717) is 58.5 Å². The third-order valence-electron chi connectivity index (χ3n) is 8.24. The molecule has 12 heteroatoms. The number of halogens is 2. The number of H-pyrrole nitrogens is 1. The summed E-state index contributed by atoms with van der Waals surface area (Å²) in [5.74, 6) is 0. The number of hydrogen-bond acceptors (Lipinski definition) is 8. The van der Waals surface area contributed by atoms with Crippen LogP contribution in [-0.4, -0.2) is 43.1 Å². The van der Waals surface area contributed by atoms with Gasteiger partial charge in [0, 0.05) is 29.9 Å². The average molecular weight is 607 g/mol. The zero-order valence-electron chi connectivity index (χ0n) is 25.4. The van der Waals surface area contributed by atoms with Gasteiger partial charge in [-0.25, -0.2) is 13.5 Å². The molecule has 5 aromatic rings. The number of aromatic amines is 1. The summed E-state index contributed by atoms with van der Waals surface area (Å²) in [6.45, 7) is 8.81. The van der Waals surface area contributed by atoms with E-state index in [-0.39, 0.29) is 5.41 Å². The predicted molar refractivity (Wildman–Crippen MR) is 167 cm³/mol. The predicted octanol–water partition coefficient (Wildman–Crippen LogP) is 6.68. The first kappa shape index (κ1) is 29.7. The van der Waals surface area contributed by atoms with Gasteiger partial charge in [0.15, 0.2) is 0 Å². The van der Waals surface area contributed by atoms with Crippen LogP contribution >= 0.6 is 0 Å². The van der Waals surface area contributed by atoms with E-state index in [1.165, 1.54) is 10.9 Å². The van der Waals surface area contributed by atoms with Gasteiger partial charge in [-0.05, 0) is 54.0 Å². The Hall–Kier alpha value is -5.36. The monoisotopic (exact) mass is 606 g/mol. The summed E-state index contributed by atoms with van der Waals surface area (Å²) in [7, 11) is 0. The van der Waals surface area contributed by atoms with Gasteiger partial charge < -0.3 is 10.6 Å². The highest BCUT2D eigenvalue weighted by Crippen LogP contribution is 2.48. The molecular weight excluding hydrogens is 574 g/mol. The molecule has 228 valence electrons. The maximum atomic E-state index is 14.0.